The highest BCUT2D eigenvalue weighted by Crippen LogP contribution is 2.34. The average molecular weight is 395 g/mol. The monoisotopic (exact) mass is 395 g/mol. The molecule has 28 heavy (non-hydrogen) atoms. The van der Waals surface area contributed by atoms with Gasteiger partial charge in [0, 0.05) is 19.1 Å². The summed E-state index contributed by atoms with van der Waals surface area (Å²) in [6, 6.07) is 5.00. The van der Waals surface area contributed by atoms with Crippen molar-refractivity contribution in [2.75, 3.05) is 31.6 Å². The maximum atomic E-state index is 13.5. The zero-order valence-corrected chi connectivity index (χ0v) is 15.5. The molecule has 2 aliphatic rings. The van der Waals surface area contributed by atoms with E-state index in [4.69, 9.17) is 4.74 Å². The van der Waals surface area contributed by atoms with Crippen LogP contribution in [0.3, 0.4) is 0 Å². The van der Waals surface area contributed by atoms with Crippen LogP contribution in [0.15, 0.2) is 30.6 Å². The van der Waals surface area contributed by atoms with Crippen LogP contribution in [0, 0.1) is 11.7 Å². The molecule has 152 valence electrons. The van der Waals surface area contributed by atoms with Gasteiger partial charge in [0.05, 0.1) is 0 Å². The Balaban J connectivity index is 1.32. The molecular formula is C19H24F3N5O. The van der Waals surface area contributed by atoms with Gasteiger partial charge >= 0.3 is 0 Å². The van der Waals surface area contributed by atoms with Gasteiger partial charge in [-0.25, -0.2) is 17.9 Å². The fraction of sp³-hybridized carbons (Fsp3) is 0.579. The number of fused-ring (bicyclic) bond motifs is 1. The van der Waals surface area contributed by atoms with Crippen LogP contribution in [0.5, 0.6) is 5.75 Å². The van der Waals surface area contributed by atoms with Gasteiger partial charge in [-0.2, -0.15) is 10.1 Å². The Kier molecular flexibility index (Phi) is 5.70. The lowest BCUT2D eigenvalue weighted by molar-refractivity contribution is 0.0546. The number of aromatic nitrogens is 3. The van der Waals surface area contributed by atoms with Gasteiger partial charge in [0.2, 0.25) is 5.95 Å². The predicted molar refractivity (Wildman–Crippen MR) is 98.1 cm³/mol. The lowest BCUT2D eigenvalue weighted by Gasteiger charge is -2.40. The highest BCUT2D eigenvalue weighted by Gasteiger charge is 2.38. The Morgan fingerprint density at radius 1 is 1.25 bits per heavy atom. The lowest BCUT2D eigenvalue weighted by atomic mass is 9.86. The molecular weight excluding hydrogens is 371 g/mol. The highest BCUT2D eigenvalue weighted by molar-refractivity contribution is 5.29. The summed E-state index contributed by atoms with van der Waals surface area (Å²) in [7, 11) is 0. The Bertz CT molecular complexity index is 769. The highest BCUT2D eigenvalue weighted by atomic mass is 19.3. The Morgan fingerprint density at radius 3 is 2.86 bits per heavy atom. The summed E-state index contributed by atoms with van der Waals surface area (Å²) in [5.74, 6) is 1.05. The first kappa shape index (κ1) is 19.0. The van der Waals surface area contributed by atoms with E-state index in [2.05, 4.69) is 20.3 Å². The van der Waals surface area contributed by atoms with Crippen LogP contribution in [-0.2, 0) is 0 Å². The summed E-state index contributed by atoms with van der Waals surface area (Å²) in [5.41, 5.74) is 0. The van der Waals surface area contributed by atoms with E-state index in [-0.39, 0.29) is 17.8 Å². The first-order valence-electron chi connectivity index (χ1n) is 9.65. The topological polar surface area (TPSA) is 55.2 Å². The smallest absolute Gasteiger partial charge is 0.260 e. The molecule has 2 aliphatic heterocycles. The molecule has 1 fully saturated rings. The Morgan fingerprint density at radius 2 is 2.07 bits per heavy atom. The summed E-state index contributed by atoms with van der Waals surface area (Å²) in [5, 5.41) is 7.24. The van der Waals surface area contributed by atoms with Crippen LogP contribution in [-0.4, -0.2) is 58.4 Å². The van der Waals surface area contributed by atoms with E-state index in [1.807, 2.05) is 0 Å². The van der Waals surface area contributed by atoms with Crippen molar-refractivity contribution < 1.29 is 17.9 Å². The van der Waals surface area contributed by atoms with Gasteiger partial charge < -0.3 is 10.1 Å². The van der Waals surface area contributed by atoms with Crippen molar-refractivity contribution in [3.05, 3.63) is 36.4 Å². The van der Waals surface area contributed by atoms with E-state index in [9.17, 15) is 13.2 Å². The summed E-state index contributed by atoms with van der Waals surface area (Å²) < 4.78 is 46.9. The minimum atomic E-state index is -2.46. The number of alkyl halides is 2. The number of piperidine rings is 1. The van der Waals surface area contributed by atoms with Crippen molar-refractivity contribution in [2.45, 2.75) is 37.8 Å². The molecule has 1 aromatic carbocycles. The lowest BCUT2D eigenvalue weighted by Crippen LogP contribution is -2.47. The van der Waals surface area contributed by atoms with Crippen molar-refractivity contribution in [3.8, 4) is 5.75 Å². The number of likely N-dealkylation sites (tertiary alicyclic amines) is 1. The number of halogens is 3. The van der Waals surface area contributed by atoms with Gasteiger partial charge in [0.25, 0.3) is 6.43 Å². The average Bonchev–Trinajstić information content (AvgIpc) is 3.17. The minimum Gasteiger partial charge on any atom is -0.492 e. The normalized spacial score (nSPS) is 25.4. The largest absolute Gasteiger partial charge is 0.492 e. The minimum absolute atomic E-state index is 0.0449. The molecule has 4 rings (SSSR count). The van der Waals surface area contributed by atoms with Crippen LogP contribution in [0.1, 0.15) is 25.3 Å². The molecule has 2 aromatic rings. The number of hydrogen-bond acceptors (Lipinski definition) is 5. The fourth-order valence-electron chi connectivity index (χ4n) is 4.15. The van der Waals surface area contributed by atoms with Crippen molar-refractivity contribution in [1.29, 1.82) is 0 Å². The van der Waals surface area contributed by atoms with Gasteiger partial charge in [-0.15, -0.1) is 0 Å². The van der Waals surface area contributed by atoms with E-state index in [0.29, 0.717) is 24.7 Å². The van der Waals surface area contributed by atoms with Crippen LogP contribution in [0.4, 0.5) is 19.1 Å². The zero-order chi connectivity index (χ0) is 19.5. The molecule has 3 heterocycles. The van der Waals surface area contributed by atoms with Gasteiger partial charge in [0.1, 0.15) is 30.5 Å². The van der Waals surface area contributed by atoms with Crippen LogP contribution < -0.4 is 10.1 Å². The van der Waals surface area contributed by atoms with E-state index >= 15 is 0 Å². The zero-order valence-electron chi connectivity index (χ0n) is 15.5. The fourth-order valence-corrected chi connectivity index (χ4v) is 4.15. The predicted octanol–water partition coefficient (Wildman–Crippen LogP) is 3.20. The summed E-state index contributed by atoms with van der Waals surface area (Å²) >= 11 is 0. The molecule has 1 N–H and O–H groups in total. The molecule has 0 spiro atoms. The van der Waals surface area contributed by atoms with E-state index in [1.54, 1.807) is 12.1 Å². The standard InChI is InChI=1S/C19H24F3N5O/c20-14-3-5-15(6-4-14)28-9-8-26-7-1-2-13(11-26)16-10-17(18(21)22)27-19(25-16)23-12-24-27/h3-6,12-13,16-18H,1-2,7-11H2,(H,23,24,25)/t13?,16-,17+/m0/s1. The molecule has 0 bridgehead atoms. The van der Waals surface area contributed by atoms with Crippen molar-refractivity contribution in [3.63, 3.8) is 0 Å². The van der Waals surface area contributed by atoms with Crippen LogP contribution in [0.2, 0.25) is 0 Å². The van der Waals surface area contributed by atoms with E-state index < -0.39 is 12.5 Å². The van der Waals surface area contributed by atoms with Gasteiger partial charge in [-0.05, 0) is 56.0 Å². The number of nitrogens with zero attached hydrogens (tertiary/aromatic N) is 4. The van der Waals surface area contributed by atoms with Gasteiger partial charge in [0.15, 0.2) is 0 Å². The second kappa shape index (κ2) is 8.38. The van der Waals surface area contributed by atoms with Crippen molar-refractivity contribution in [1.82, 2.24) is 19.7 Å². The Labute approximate surface area is 161 Å². The van der Waals surface area contributed by atoms with E-state index in [1.165, 1.54) is 23.1 Å². The molecule has 0 radical (unpaired) electrons. The number of nitrogens with one attached hydrogen (secondary N) is 1. The second-order valence-electron chi connectivity index (χ2n) is 7.42. The summed E-state index contributed by atoms with van der Waals surface area (Å²) in [6.07, 6.45) is 1.22. The van der Waals surface area contributed by atoms with Crippen LogP contribution in [0.25, 0.3) is 0 Å². The number of benzene rings is 1. The van der Waals surface area contributed by atoms with Crippen molar-refractivity contribution >= 4 is 5.95 Å². The van der Waals surface area contributed by atoms with E-state index in [0.717, 1.165) is 32.5 Å². The van der Waals surface area contributed by atoms with Gasteiger partial charge in [-0.1, -0.05) is 0 Å². The molecule has 0 aliphatic carbocycles. The SMILES string of the molecule is Fc1ccc(OCCN2CCCC([C@@H]3C[C@H](C(F)F)n4ncnc4N3)C2)cc1. The maximum absolute atomic E-state index is 13.5. The molecule has 3 atom stereocenters. The third kappa shape index (κ3) is 4.24. The van der Waals surface area contributed by atoms with Crippen molar-refractivity contribution in [2.24, 2.45) is 5.92 Å². The third-order valence-electron chi connectivity index (χ3n) is 5.59. The number of rotatable bonds is 6. The molecule has 9 heteroatoms. The molecule has 1 saturated heterocycles. The van der Waals surface area contributed by atoms with Crippen LogP contribution >= 0.6 is 0 Å². The van der Waals surface area contributed by atoms with Gasteiger partial charge in [-0.3, -0.25) is 4.90 Å². The first-order valence-corrected chi connectivity index (χ1v) is 9.65. The number of hydrogen-bond donors (Lipinski definition) is 1. The molecule has 6 nitrogen and oxygen atoms in total. The molecule has 1 unspecified atom stereocenters. The molecule has 0 saturated carbocycles. The second-order valence-corrected chi connectivity index (χ2v) is 7.42. The quantitative estimate of drug-likeness (QED) is 0.814. The Hall–Kier alpha value is -2.29. The summed E-state index contributed by atoms with van der Waals surface area (Å²) in [6.45, 7) is 3.04. The summed E-state index contributed by atoms with van der Waals surface area (Å²) in [4.78, 5) is 6.39. The molecule has 0 amide bonds. The molecule has 1 aromatic heterocycles. The first-order chi connectivity index (χ1) is 13.6. The third-order valence-corrected chi connectivity index (χ3v) is 5.59. The number of ether oxygens (including phenoxy) is 1. The number of anilines is 1. The maximum Gasteiger partial charge on any atom is 0.260 e.